The zero-order valence-corrected chi connectivity index (χ0v) is 8.36. The molecule has 80 valence electrons. The molecule has 0 amide bonds. The monoisotopic (exact) mass is 199 g/mol. The maximum Gasteiger partial charge on any atom is 0.219 e. The molecule has 0 aromatic carbocycles. The first-order valence-electron chi connectivity index (χ1n) is 4.54. The standard InChI is InChI=1S/C8H17N5O/c1-8(3-2-4-14-5-8)13-7(11)12-6(9)10/h2-5H2,1H3,(H6,9,10,11,12,13). The number of rotatable bonds is 1. The van der Waals surface area contributed by atoms with Crippen molar-refractivity contribution in [2.45, 2.75) is 25.3 Å². The van der Waals surface area contributed by atoms with Crippen molar-refractivity contribution < 1.29 is 4.74 Å². The van der Waals surface area contributed by atoms with Crippen molar-refractivity contribution in [3.63, 3.8) is 0 Å². The van der Waals surface area contributed by atoms with E-state index in [0.717, 1.165) is 19.4 Å². The van der Waals surface area contributed by atoms with Crippen LogP contribution in [0.3, 0.4) is 0 Å². The number of guanidine groups is 2. The van der Waals surface area contributed by atoms with Crippen LogP contribution in [0.2, 0.25) is 0 Å². The fraction of sp³-hybridized carbons (Fsp3) is 0.750. The highest BCUT2D eigenvalue weighted by molar-refractivity contribution is 5.92. The van der Waals surface area contributed by atoms with E-state index < -0.39 is 0 Å². The van der Waals surface area contributed by atoms with Gasteiger partial charge in [-0.3, -0.25) is 0 Å². The summed E-state index contributed by atoms with van der Waals surface area (Å²) in [6.45, 7) is 3.32. The maximum absolute atomic E-state index is 5.54. The van der Waals surface area contributed by atoms with Crippen LogP contribution in [0, 0.1) is 0 Å². The molecule has 6 heteroatoms. The molecule has 0 aromatic rings. The Morgan fingerprint density at radius 1 is 1.36 bits per heavy atom. The number of hydrogen-bond donors (Lipinski definition) is 3. The molecule has 14 heavy (non-hydrogen) atoms. The summed E-state index contributed by atoms with van der Waals surface area (Å²) >= 11 is 0. The Morgan fingerprint density at radius 3 is 2.57 bits per heavy atom. The van der Waals surface area contributed by atoms with Gasteiger partial charge in [-0.05, 0) is 19.8 Å². The van der Waals surface area contributed by atoms with Gasteiger partial charge in [-0.25, -0.2) is 4.99 Å². The SMILES string of the molecule is CC1(N=C(N)N=C(N)N)CCCOC1. The Hall–Kier alpha value is -1.30. The summed E-state index contributed by atoms with van der Waals surface area (Å²) in [6.07, 6.45) is 1.92. The van der Waals surface area contributed by atoms with Crippen molar-refractivity contribution in [3.05, 3.63) is 0 Å². The largest absolute Gasteiger partial charge is 0.379 e. The van der Waals surface area contributed by atoms with Gasteiger partial charge in [0, 0.05) is 6.61 Å². The van der Waals surface area contributed by atoms with Gasteiger partial charge in [-0.1, -0.05) is 0 Å². The number of ether oxygens (including phenoxy) is 1. The van der Waals surface area contributed by atoms with E-state index in [0.29, 0.717) is 6.61 Å². The summed E-state index contributed by atoms with van der Waals surface area (Å²) in [5.41, 5.74) is 15.6. The van der Waals surface area contributed by atoms with Gasteiger partial charge in [-0.15, -0.1) is 0 Å². The highest BCUT2D eigenvalue weighted by atomic mass is 16.5. The van der Waals surface area contributed by atoms with Crippen LogP contribution in [0.5, 0.6) is 0 Å². The van der Waals surface area contributed by atoms with Crippen LogP contribution in [0.25, 0.3) is 0 Å². The molecular formula is C8H17N5O. The predicted octanol–water partition coefficient (Wildman–Crippen LogP) is -0.856. The van der Waals surface area contributed by atoms with E-state index in [2.05, 4.69) is 9.98 Å². The highest BCUT2D eigenvalue weighted by Gasteiger charge is 2.27. The van der Waals surface area contributed by atoms with Crippen LogP contribution in [0.1, 0.15) is 19.8 Å². The quantitative estimate of drug-likeness (QED) is 0.377. The average Bonchev–Trinajstić information content (AvgIpc) is 2.02. The molecule has 1 atom stereocenters. The van der Waals surface area contributed by atoms with Gasteiger partial charge < -0.3 is 21.9 Å². The Morgan fingerprint density at radius 2 is 2.07 bits per heavy atom. The maximum atomic E-state index is 5.54. The van der Waals surface area contributed by atoms with Crippen LogP contribution < -0.4 is 17.2 Å². The van der Waals surface area contributed by atoms with Crippen molar-refractivity contribution in [2.24, 2.45) is 27.2 Å². The van der Waals surface area contributed by atoms with E-state index in [-0.39, 0.29) is 17.5 Å². The smallest absolute Gasteiger partial charge is 0.219 e. The van der Waals surface area contributed by atoms with Gasteiger partial charge in [0.25, 0.3) is 0 Å². The van der Waals surface area contributed by atoms with Gasteiger partial charge >= 0.3 is 0 Å². The normalized spacial score (nSPS) is 28.5. The van der Waals surface area contributed by atoms with E-state index in [9.17, 15) is 0 Å². The fourth-order valence-corrected chi connectivity index (χ4v) is 1.44. The minimum Gasteiger partial charge on any atom is -0.379 e. The zero-order chi connectivity index (χ0) is 10.6. The van der Waals surface area contributed by atoms with Crippen LogP contribution in [-0.4, -0.2) is 30.7 Å². The molecule has 1 rings (SSSR count). The van der Waals surface area contributed by atoms with E-state index in [1.807, 2.05) is 6.92 Å². The summed E-state index contributed by atoms with van der Waals surface area (Å²) in [5, 5.41) is 0. The number of aliphatic imine (C=N–C) groups is 2. The first-order valence-corrected chi connectivity index (χ1v) is 4.54. The lowest BCUT2D eigenvalue weighted by molar-refractivity contribution is 0.0467. The molecule has 1 unspecified atom stereocenters. The third-order valence-corrected chi connectivity index (χ3v) is 2.05. The molecule has 0 bridgehead atoms. The molecule has 0 aromatic heterocycles. The van der Waals surface area contributed by atoms with Gasteiger partial charge in [0.15, 0.2) is 5.96 Å². The molecule has 1 heterocycles. The summed E-state index contributed by atoms with van der Waals surface area (Å²) in [4.78, 5) is 7.89. The highest BCUT2D eigenvalue weighted by Crippen LogP contribution is 2.22. The average molecular weight is 199 g/mol. The summed E-state index contributed by atoms with van der Waals surface area (Å²) in [6, 6.07) is 0. The fourth-order valence-electron chi connectivity index (χ4n) is 1.44. The van der Waals surface area contributed by atoms with E-state index >= 15 is 0 Å². The van der Waals surface area contributed by atoms with E-state index in [1.54, 1.807) is 0 Å². The molecule has 0 saturated carbocycles. The topological polar surface area (TPSA) is 112 Å². The molecule has 0 aliphatic carbocycles. The van der Waals surface area contributed by atoms with Gasteiger partial charge in [0.05, 0.1) is 12.1 Å². The second kappa shape index (κ2) is 4.28. The van der Waals surface area contributed by atoms with E-state index in [4.69, 9.17) is 21.9 Å². The van der Waals surface area contributed by atoms with Crippen molar-refractivity contribution in [1.29, 1.82) is 0 Å². The minimum atomic E-state index is -0.290. The molecule has 6 nitrogen and oxygen atoms in total. The Labute approximate surface area is 83.2 Å². The van der Waals surface area contributed by atoms with Crippen LogP contribution in [-0.2, 0) is 4.74 Å². The summed E-state index contributed by atoms with van der Waals surface area (Å²) in [5.74, 6) is 0.0320. The van der Waals surface area contributed by atoms with Crippen LogP contribution >= 0.6 is 0 Å². The van der Waals surface area contributed by atoms with Crippen LogP contribution in [0.15, 0.2) is 9.98 Å². The summed E-state index contributed by atoms with van der Waals surface area (Å²) < 4.78 is 5.32. The molecular weight excluding hydrogens is 182 g/mol. The molecule has 1 aliphatic heterocycles. The Kier molecular flexibility index (Phi) is 3.29. The molecule has 1 saturated heterocycles. The first-order chi connectivity index (χ1) is 6.52. The lowest BCUT2D eigenvalue weighted by atomic mass is 9.96. The first kappa shape index (κ1) is 10.8. The van der Waals surface area contributed by atoms with E-state index in [1.165, 1.54) is 0 Å². The molecule has 0 radical (unpaired) electrons. The Balaban J connectivity index is 2.68. The van der Waals surface area contributed by atoms with Gasteiger partial charge in [0.2, 0.25) is 5.96 Å². The second-order valence-corrected chi connectivity index (χ2v) is 3.66. The molecule has 0 spiro atoms. The lowest BCUT2D eigenvalue weighted by Crippen LogP contribution is -2.36. The van der Waals surface area contributed by atoms with Crippen molar-refractivity contribution in [3.8, 4) is 0 Å². The number of hydrogen-bond acceptors (Lipinski definition) is 2. The van der Waals surface area contributed by atoms with Crippen molar-refractivity contribution >= 4 is 11.9 Å². The van der Waals surface area contributed by atoms with Gasteiger partial charge in [0.1, 0.15) is 0 Å². The minimum absolute atomic E-state index is 0.0772. The summed E-state index contributed by atoms with van der Waals surface area (Å²) in [7, 11) is 0. The molecule has 1 fully saturated rings. The second-order valence-electron chi connectivity index (χ2n) is 3.66. The molecule has 6 N–H and O–H groups in total. The lowest BCUT2D eigenvalue weighted by Gasteiger charge is -2.29. The van der Waals surface area contributed by atoms with Crippen molar-refractivity contribution in [1.82, 2.24) is 0 Å². The predicted molar refractivity (Wildman–Crippen MR) is 55.9 cm³/mol. The number of nitrogens with zero attached hydrogens (tertiary/aromatic N) is 2. The van der Waals surface area contributed by atoms with Crippen LogP contribution in [0.4, 0.5) is 0 Å². The van der Waals surface area contributed by atoms with Crippen molar-refractivity contribution in [2.75, 3.05) is 13.2 Å². The zero-order valence-electron chi connectivity index (χ0n) is 8.36. The third kappa shape index (κ3) is 3.21. The number of nitrogens with two attached hydrogens (primary N) is 3. The Bertz CT molecular complexity index is 250. The van der Waals surface area contributed by atoms with Gasteiger partial charge in [-0.2, -0.15) is 4.99 Å². The molecule has 1 aliphatic rings. The third-order valence-electron chi connectivity index (χ3n) is 2.05.